The molecule has 2 N–H and O–H groups in total. The van der Waals surface area contributed by atoms with Crippen LogP contribution in [0, 0.1) is 17.3 Å². The molecule has 0 spiro atoms. The quantitative estimate of drug-likeness (QED) is 0.282. The summed E-state index contributed by atoms with van der Waals surface area (Å²) in [5.41, 5.74) is -1.23. The van der Waals surface area contributed by atoms with Gasteiger partial charge in [-0.1, -0.05) is 48.5 Å². The van der Waals surface area contributed by atoms with Crippen molar-refractivity contribution in [2.24, 2.45) is 17.3 Å². The number of cyclic esters (lactones) is 1. The number of Topliss-reactive ketones (excluding diaryl/α,β-unsaturated/α-hetero) is 1. The van der Waals surface area contributed by atoms with Crippen molar-refractivity contribution in [3.63, 3.8) is 0 Å². The summed E-state index contributed by atoms with van der Waals surface area (Å²) in [4.78, 5) is 42.2. The fourth-order valence-electron chi connectivity index (χ4n) is 6.02. The Hall–Kier alpha value is -1.55. The Labute approximate surface area is 269 Å². The van der Waals surface area contributed by atoms with E-state index < -0.39 is 23.8 Å². The van der Waals surface area contributed by atoms with Gasteiger partial charge in [0.05, 0.1) is 12.2 Å². The number of nitrogens with zero attached hydrogens (tertiary/aromatic N) is 2. The summed E-state index contributed by atoms with van der Waals surface area (Å²) >= 11 is 0. The minimum absolute atomic E-state index is 0.0818. The number of hydrogen-bond donors (Lipinski definition) is 2. The van der Waals surface area contributed by atoms with Crippen LogP contribution < -0.4 is 0 Å². The molecule has 44 heavy (non-hydrogen) atoms. The number of aliphatic hydroxyl groups is 2. The molecule has 0 aromatic rings. The van der Waals surface area contributed by atoms with Gasteiger partial charge in [0.1, 0.15) is 17.8 Å². The van der Waals surface area contributed by atoms with Crippen molar-refractivity contribution in [2.45, 2.75) is 158 Å². The van der Waals surface area contributed by atoms with Gasteiger partial charge in [0, 0.05) is 44.9 Å². The number of hydrogen-bond acceptors (Lipinski definition) is 8. The van der Waals surface area contributed by atoms with Crippen LogP contribution in [0.15, 0.2) is 0 Å². The van der Waals surface area contributed by atoms with E-state index in [0.717, 1.165) is 58.3 Å². The normalized spacial score (nSPS) is 30.0. The highest BCUT2D eigenvalue weighted by molar-refractivity contribution is 6.02. The lowest BCUT2D eigenvalue weighted by atomic mass is 9.85. The number of carbonyl (C=O) groups excluding carboxylic acids is 3. The van der Waals surface area contributed by atoms with E-state index in [1.165, 1.54) is 0 Å². The number of esters is 1. The van der Waals surface area contributed by atoms with E-state index in [1.807, 2.05) is 39.5 Å². The Morgan fingerprint density at radius 3 is 2.11 bits per heavy atom. The van der Waals surface area contributed by atoms with Gasteiger partial charge < -0.3 is 24.6 Å². The molecule has 9 heteroatoms. The molecule has 3 aliphatic heterocycles. The number of carbonyl (C=O) groups is 3. The predicted molar refractivity (Wildman–Crippen MR) is 177 cm³/mol. The topological polar surface area (TPSA) is 117 Å². The van der Waals surface area contributed by atoms with Crippen molar-refractivity contribution in [1.29, 1.82) is 0 Å². The Morgan fingerprint density at radius 1 is 0.955 bits per heavy atom. The zero-order chi connectivity index (χ0) is 33.9. The maximum Gasteiger partial charge on any atom is 0.319 e. The van der Waals surface area contributed by atoms with Crippen LogP contribution in [0.2, 0.25) is 0 Å². The van der Waals surface area contributed by atoms with Gasteiger partial charge in [-0.05, 0) is 84.1 Å². The monoisotopic (exact) mass is 629 g/mol. The summed E-state index contributed by atoms with van der Waals surface area (Å²) in [6.07, 6.45) is 6.32. The predicted octanol–water partition coefficient (Wildman–Crippen LogP) is 5.98. The maximum absolute atomic E-state index is 12.8. The van der Waals surface area contributed by atoms with Crippen LogP contribution in [-0.4, -0.2) is 95.0 Å². The van der Waals surface area contributed by atoms with Gasteiger partial charge in [0.2, 0.25) is 5.91 Å². The molecule has 0 aliphatic carbocycles. The number of rotatable bonds is 5. The van der Waals surface area contributed by atoms with E-state index in [1.54, 1.807) is 13.8 Å². The van der Waals surface area contributed by atoms with Crippen LogP contribution >= 0.6 is 0 Å². The molecule has 1 amide bonds. The van der Waals surface area contributed by atoms with Crippen LogP contribution in [0.5, 0.6) is 0 Å². The zero-order valence-electron chi connectivity index (χ0n) is 29.9. The Kier molecular flexibility index (Phi) is 22.1. The molecule has 0 aromatic carbocycles. The molecule has 3 fully saturated rings. The van der Waals surface area contributed by atoms with Crippen molar-refractivity contribution in [1.82, 2.24) is 9.80 Å². The summed E-state index contributed by atoms with van der Waals surface area (Å²) in [6.45, 7) is 23.0. The van der Waals surface area contributed by atoms with Crippen LogP contribution in [0.4, 0.5) is 0 Å². The number of aliphatic hydroxyl groups excluding tert-OH is 2. The SMILES string of the molecule is CC.CC.CCCN1C[C@H](C)C[C@@H](O)CCC(=O)C(C)(C)C(=O)OC[C@H]1CCC(=O)N1CCCC1.C[C@H]1C[C@@H](C)O[C@@H](O)C1. The molecular formula is C35H68N2O7. The van der Waals surface area contributed by atoms with E-state index in [4.69, 9.17) is 14.6 Å². The second kappa shape index (κ2) is 22.9. The summed E-state index contributed by atoms with van der Waals surface area (Å²) in [5.74, 6) is 0.296. The van der Waals surface area contributed by atoms with Crippen LogP contribution in [0.25, 0.3) is 0 Å². The van der Waals surface area contributed by atoms with Gasteiger partial charge in [-0.15, -0.1) is 0 Å². The highest BCUT2D eigenvalue weighted by Gasteiger charge is 2.38. The molecule has 3 aliphatic rings. The molecule has 3 saturated heterocycles. The second-order valence-electron chi connectivity index (χ2n) is 12.9. The summed E-state index contributed by atoms with van der Waals surface area (Å²) < 4.78 is 10.8. The summed E-state index contributed by atoms with van der Waals surface area (Å²) in [6, 6.07) is -0.0818. The van der Waals surface area contributed by atoms with Crippen LogP contribution in [0.3, 0.4) is 0 Å². The molecule has 9 nitrogen and oxygen atoms in total. The van der Waals surface area contributed by atoms with E-state index >= 15 is 0 Å². The third-order valence-electron chi connectivity index (χ3n) is 8.44. The Morgan fingerprint density at radius 2 is 1.57 bits per heavy atom. The molecule has 0 aromatic heterocycles. The standard InChI is InChI=1S/C24H42N2O5.C7H14O2.2C2H6/c1-5-12-26-16-18(2)15-20(27)9-10-21(28)24(3,4)23(30)31-17-19(26)8-11-22(29)25-13-6-7-14-25;1-5-3-6(2)9-7(8)4-5;2*1-2/h18-20,27H,5-17H2,1-4H3;5-8H,3-4H2,1-2H3;2*1-2H3/t18-,19-,20+;5-,6+,7+;;/m10../s1. The minimum Gasteiger partial charge on any atom is -0.463 e. The number of ketones is 1. The van der Waals surface area contributed by atoms with E-state index in [0.29, 0.717) is 31.6 Å². The van der Waals surface area contributed by atoms with E-state index in [9.17, 15) is 19.5 Å². The van der Waals surface area contributed by atoms with Crippen molar-refractivity contribution in [3.8, 4) is 0 Å². The molecule has 3 rings (SSSR count). The number of ether oxygens (including phenoxy) is 2. The van der Waals surface area contributed by atoms with E-state index in [-0.39, 0.29) is 42.8 Å². The van der Waals surface area contributed by atoms with Crippen molar-refractivity contribution in [3.05, 3.63) is 0 Å². The first-order chi connectivity index (χ1) is 20.8. The molecule has 6 atom stereocenters. The van der Waals surface area contributed by atoms with Crippen LogP contribution in [0.1, 0.15) is 133 Å². The lowest BCUT2D eigenvalue weighted by Gasteiger charge is -2.34. The van der Waals surface area contributed by atoms with Gasteiger partial charge in [-0.25, -0.2) is 0 Å². The molecule has 3 heterocycles. The molecule has 0 radical (unpaired) electrons. The van der Waals surface area contributed by atoms with Gasteiger partial charge in [0.15, 0.2) is 6.29 Å². The molecular weight excluding hydrogens is 560 g/mol. The maximum atomic E-state index is 12.8. The van der Waals surface area contributed by atoms with E-state index in [2.05, 4.69) is 25.7 Å². The highest BCUT2D eigenvalue weighted by Crippen LogP contribution is 2.26. The average Bonchev–Trinajstić information content (AvgIpc) is 3.52. The third-order valence-corrected chi connectivity index (χ3v) is 8.44. The third kappa shape index (κ3) is 15.6. The second-order valence-corrected chi connectivity index (χ2v) is 12.9. The molecule has 0 bridgehead atoms. The fraction of sp³-hybridized carbons (Fsp3) is 0.914. The average molecular weight is 629 g/mol. The number of amides is 1. The van der Waals surface area contributed by atoms with Gasteiger partial charge in [0.25, 0.3) is 0 Å². The molecule has 260 valence electrons. The van der Waals surface area contributed by atoms with Gasteiger partial charge in [-0.3, -0.25) is 19.3 Å². The van der Waals surface area contributed by atoms with Gasteiger partial charge in [-0.2, -0.15) is 0 Å². The van der Waals surface area contributed by atoms with Crippen molar-refractivity contribution < 1.29 is 34.1 Å². The van der Waals surface area contributed by atoms with Crippen molar-refractivity contribution in [2.75, 3.05) is 32.8 Å². The Balaban J connectivity index is 0.00000119. The zero-order valence-corrected chi connectivity index (χ0v) is 29.9. The summed E-state index contributed by atoms with van der Waals surface area (Å²) in [7, 11) is 0. The number of likely N-dealkylation sites (tertiary alicyclic amines) is 1. The minimum atomic E-state index is -1.23. The first kappa shape index (κ1) is 42.5. The fourth-order valence-corrected chi connectivity index (χ4v) is 6.02. The molecule has 0 unspecified atom stereocenters. The lowest BCUT2D eigenvalue weighted by Crippen LogP contribution is -2.44. The highest BCUT2D eigenvalue weighted by atomic mass is 16.6. The van der Waals surface area contributed by atoms with Crippen molar-refractivity contribution >= 4 is 17.7 Å². The summed E-state index contributed by atoms with van der Waals surface area (Å²) in [5, 5.41) is 19.5. The lowest BCUT2D eigenvalue weighted by molar-refractivity contribution is -0.169. The first-order valence-corrected chi connectivity index (χ1v) is 17.6. The Bertz CT molecular complexity index is 775. The molecule has 0 saturated carbocycles. The smallest absolute Gasteiger partial charge is 0.319 e. The van der Waals surface area contributed by atoms with Crippen LogP contribution in [-0.2, 0) is 23.9 Å². The first-order valence-electron chi connectivity index (χ1n) is 17.6. The largest absolute Gasteiger partial charge is 0.463 e. The van der Waals surface area contributed by atoms with Gasteiger partial charge >= 0.3 is 5.97 Å².